The zero-order valence-corrected chi connectivity index (χ0v) is 52.4. The molecule has 3 saturated heterocycles. The first-order valence-corrected chi connectivity index (χ1v) is 35.0. The summed E-state index contributed by atoms with van der Waals surface area (Å²) in [6.07, 6.45) is 7.07. The Hall–Kier alpha value is -4.76. The summed E-state index contributed by atoms with van der Waals surface area (Å²) < 4.78 is 137. The molecular formula is C60H79ClF3N7O10S4. The molecule has 4 aliphatic rings. The van der Waals surface area contributed by atoms with Crippen molar-refractivity contribution >= 4 is 82.1 Å². The first-order chi connectivity index (χ1) is 40.5. The number of amides is 1. The number of hydrogen-bond acceptors (Lipinski definition) is 16. The highest BCUT2D eigenvalue weighted by Gasteiger charge is 2.49. The Labute approximate surface area is 509 Å². The van der Waals surface area contributed by atoms with Gasteiger partial charge in [0.25, 0.3) is 25.8 Å². The first kappa shape index (κ1) is 66.2. The van der Waals surface area contributed by atoms with E-state index in [1.807, 2.05) is 47.2 Å². The number of unbranched alkanes of at least 4 members (excludes halogenated alkanes) is 3. The van der Waals surface area contributed by atoms with E-state index in [1.165, 1.54) is 42.2 Å². The average Bonchev–Trinajstić information content (AvgIpc) is 2.24. The fourth-order valence-corrected chi connectivity index (χ4v) is 16.3. The lowest BCUT2D eigenvalue weighted by Gasteiger charge is -2.44. The number of methoxy groups -OCH3 is 1. The summed E-state index contributed by atoms with van der Waals surface area (Å²) in [6.45, 7) is 12.1. The van der Waals surface area contributed by atoms with Crippen molar-refractivity contribution < 1.29 is 57.5 Å². The largest absolute Gasteiger partial charge is 0.501 e. The molecule has 4 aromatic carbocycles. The van der Waals surface area contributed by atoms with Crippen LogP contribution in [0.2, 0.25) is 5.02 Å². The number of carbonyl (C=O) groups is 2. The van der Waals surface area contributed by atoms with Crippen molar-refractivity contribution in [1.82, 2.24) is 23.7 Å². The Balaban J connectivity index is 0.874. The number of thioether (sulfide) groups is 1. The number of nitrogens with zero attached hydrogens (tertiary/aromatic N) is 5. The van der Waals surface area contributed by atoms with Crippen LogP contribution in [0.25, 0.3) is 5.57 Å². The number of hydrogen-bond donors (Lipinski definition) is 2. The van der Waals surface area contributed by atoms with Gasteiger partial charge in [0.2, 0.25) is 10.0 Å². The van der Waals surface area contributed by atoms with Gasteiger partial charge in [-0.1, -0.05) is 67.3 Å². The Bertz CT molecular complexity index is 3250. The van der Waals surface area contributed by atoms with Crippen LogP contribution in [0.5, 0.6) is 0 Å². The number of ether oxygens (including phenoxy) is 2. The van der Waals surface area contributed by atoms with E-state index in [0.29, 0.717) is 108 Å². The van der Waals surface area contributed by atoms with E-state index in [0.717, 1.165) is 99.5 Å². The van der Waals surface area contributed by atoms with Crippen molar-refractivity contribution in [2.75, 3.05) is 127 Å². The summed E-state index contributed by atoms with van der Waals surface area (Å²) in [6, 6.07) is 25.6. The number of sulfonamides is 2. The summed E-state index contributed by atoms with van der Waals surface area (Å²) >= 11 is 7.78. The quantitative estimate of drug-likeness (QED) is 0.0343. The first-order valence-electron chi connectivity index (χ1n) is 29.1. The van der Waals surface area contributed by atoms with Crippen LogP contribution in [0.4, 0.5) is 24.5 Å². The van der Waals surface area contributed by atoms with Gasteiger partial charge in [0, 0.05) is 131 Å². The highest BCUT2D eigenvalue weighted by atomic mass is 35.5. The van der Waals surface area contributed by atoms with Gasteiger partial charge in [-0.25, -0.2) is 30.0 Å². The fraction of sp³-hybridized carbons (Fsp3) is 0.533. The van der Waals surface area contributed by atoms with Crippen LogP contribution in [0.15, 0.2) is 117 Å². The predicted molar refractivity (Wildman–Crippen MR) is 328 cm³/mol. The number of rotatable bonds is 26. The SMILES string of the molecule is COC(=O)CCCCCCS(=O)(=O)N1CCN(CC2(C)CCC(c3ccc(Cl)cc3)=C(CN3CCN(c4ccc(C(=O)NS(=O)(=O)c5ccc(NC(CCN6CCCOCC6)CSc6ccccc6)c(S(=O)(=O)C(F)(F)F)c5)cc4)CC3)C2)CC1. The van der Waals surface area contributed by atoms with E-state index in [2.05, 4.69) is 44.0 Å². The smallest absolute Gasteiger partial charge is 0.469 e. The second-order valence-electron chi connectivity index (χ2n) is 22.7. The molecule has 25 heteroatoms. The number of carbonyl (C=O) groups excluding carboxylic acids is 2. The fourth-order valence-electron chi connectivity index (χ4n) is 11.6. The highest BCUT2D eigenvalue weighted by molar-refractivity contribution is 7.99. The number of halogens is 4. The lowest BCUT2D eigenvalue weighted by Crippen LogP contribution is -2.52. The molecule has 3 heterocycles. The van der Waals surface area contributed by atoms with Crippen molar-refractivity contribution in [3.63, 3.8) is 0 Å². The monoisotopic (exact) mass is 1280 g/mol. The molecule has 3 aliphatic heterocycles. The van der Waals surface area contributed by atoms with Gasteiger partial charge >= 0.3 is 11.5 Å². The number of alkyl halides is 3. The molecule has 2 N–H and O–H groups in total. The maximum absolute atomic E-state index is 14.4. The predicted octanol–water partition coefficient (Wildman–Crippen LogP) is 9.27. The molecule has 1 amide bonds. The van der Waals surface area contributed by atoms with Crippen LogP contribution >= 0.6 is 23.4 Å². The molecule has 4 aromatic rings. The molecule has 0 aromatic heterocycles. The van der Waals surface area contributed by atoms with Crippen molar-refractivity contribution in [2.45, 2.75) is 97.4 Å². The minimum atomic E-state index is -6.10. The van der Waals surface area contributed by atoms with Crippen LogP contribution < -0.4 is 14.9 Å². The third-order valence-corrected chi connectivity index (χ3v) is 22.6. The summed E-state index contributed by atoms with van der Waals surface area (Å²) in [5, 5.41) is 3.68. The van der Waals surface area contributed by atoms with Crippen LogP contribution in [0, 0.1) is 5.41 Å². The van der Waals surface area contributed by atoms with Gasteiger partial charge in [-0.2, -0.15) is 17.5 Å². The van der Waals surface area contributed by atoms with Crippen molar-refractivity contribution in [2.24, 2.45) is 5.41 Å². The third-order valence-electron chi connectivity index (χ3n) is 16.4. The number of anilines is 2. The second-order valence-corrected chi connectivity index (χ2v) is 29.9. The summed E-state index contributed by atoms with van der Waals surface area (Å²) in [4.78, 5) is 32.9. The van der Waals surface area contributed by atoms with Crippen LogP contribution in [-0.4, -0.2) is 185 Å². The standard InChI is InChI=1S/C60H79ClF3N7O10S4/c1-59(45-69-31-35-71(36-32-69)83(74,75)40-9-4-3-8-13-57(72)80-2)26-24-54(46-14-18-49(61)19-15-46)48(42-59)43-68-29-33-70(34-30-68)51-20-16-47(17-21-51)58(73)66-85(78,79)53-22-23-55(56(41-53)84(76,77)60(62,63)64)65-50(44-82-52-11-6-5-7-12-52)25-28-67-27-10-38-81-39-37-67/h5-7,11-12,14-23,41,50,65H,3-4,8-10,13,24-40,42-45H2,1-2H3,(H,66,73). The van der Waals surface area contributed by atoms with E-state index < -0.39 is 62.8 Å². The van der Waals surface area contributed by atoms with Gasteiger partial charge in [0.1, 0.15) is 4.90 Å². The lowest BCUT2D eigenvalue weighted by molar-refractivity contribution is -0.140. The minimum absolute atomic E-state index is 0.0344. The Morgan fingerprint density at radius 2 is 1.48 bits per heavy atom. The van der Waals surface area contributed by atoms with Gasteiger partial charge in [0.15, 0.2) is 0 Å². The summed E-state index contributed by atoms with van der Waals surface area (Å²) in [5.74, 6) is -0.852. The second kappa shape index (κ2) is 30.0. The third kappa shape index (κ3) is 18.6. The van der Waals surface area contributed by atoms with Crippen LogP contribution in [0.1, 0.15) is 87.1 Å². The van der Waals surface area contributed by atoms with Gasteiger partial charge in [0.05, 0.1) is 30.1 Å². The Morgan fingerprint density at radius 1 is 0.788 bits per heavy atom. The molecular weight excluding hydrogens is 1200 g/mol. The number of nitrogens with one attached hydrogen (secondary N) is 2. The number of esters is 1. The zero-order chi connectivity index (χ0) is 60.8. The topological polar surface area (TPSA) is 195 Å². The number of benzene rings is 4. The van der Waals surface area contributed by atoms with Gasteiger partial charge in [-0.15, -0.1) is 11.8 Å². The van der Waals surface area contributed by atoms with E-state index in [-0.39, 0.29) is 22.7 Å². The van der Waals surface area contributed by atoms with E-state index in [9.17, 15) is 48.0 Å². The van der Waals surface area contributed by atoms with Crippen molar-refractivity contribution in [3.05, 3.63) is 119 Å². The van der Waals surface area contributed by atoms with Crippen molar-refractivity contribution in [1.29, 1.82) is 0 Å². The van der Waals surface area contributed by atoms with Crippen molar-refractivity contribution in [3.8, 4) is 0 Å². The van der Waals surface area contributed by atoms with Gasteiger partial charge < -0.3 is 29.5 Å². The van der Waals surface area contributed by atoms with Gasteiger partial charge in [-0.3, -0.25) is 14.5 Å². The Kier molecular flexibility index (Phi) is 23.3. The minimum Gasteiger partial charge on any atom is -0.469 e. The molecule has 17 nitrogen and oxygen atoms in total. The molecule has 3 fully saturated rings. The lowest BCUT2D eigenvalue weighted by atomic mass is 9.71. The summed E-state index contributed by atoms with van der Waals surface area (Å²) in [7, 11) is -13.0. The molecule has 0 bridgehead atoms. The van der Waals surface area contributed by atoms with Gasteiger partial charge in [-0.05, 0) is 128 Å². The molecule has 0 saturated carbocycles. The maximum Gasteiger partial charge on any atom is 0.501 e. The molecule has 466 valence electrons. The average molecular weight is 1280 g/mol. The number of sulfone groups is 1. The summed E-state index contributed by atoms with van der Waals surface area (Å²) in [5.41, 5.74) is -1.63. The highest BCUT2D eigenvalue weighted by Crippen LogP contribution is 2.44. The molecule has 2 unspecified atom stereocenters. The number of allylic oxidation sites excluding steroid dienone is 1. The van der Waals surface area contributed by atoms with Crippen LogP contribution in [0.3, 0.4) is 0 Å². The van der Waals surface area contributed by atoms with E-state index in [4.69, 9.17) is 21.1 Å². The zero-order valence-electron chi connectivity index (χ0n) is 48.4. The molecule has 85 heavy (non-hydrogen) atoms. The van der Waals surface area contributed by atoms with E-state index in [1.54, 1.807) is 16.4 Å². The number of piperazine rings is 2. The Morgan fingerprint density at radius 3 is 2.18 bits per heavy atom. The molecule has 0 radical (unpaired) electrons. The maximum atomic E-state index is 14.4. The van der Waals surface area contributed by atoms with E-state index >= 15 is 0 Å². The normalized spacial score (nSPS) is 19.8. The molecule has 8 rings (SSSR count). The molecule has 2 atom stereocenters. The van der Waals surface area contributed by atoms with Crippen LogP contribution in [-0.2, 0) is 44.2 Å². The molecule has 0 spiro atoms. The molecule has 1 aliphatic carbocycles.